The zero-order valence-electron chi connectivity index (χ0n) is 37.8. The summed E-state index contributed by atoms with van der Waals surface area (Å²) in [5.41, 5.74) is 17.0. The quantitative estimate of drug-likeness (QED) is 0.0432. The summed E-state index contributed by atoms with van der Waals surface area (Å²) in [6.45, 7) is 16.7. The molecule has 4 heterocycles. The second-order valence-electron chi connectivity index (χ2n) is 15.6. The van der Waals surface area contributed by atoms with Gasteiger partial charge in [0, 0.05) is 97.7 Å². The van der Waals surface area contributed by atoms with Crippen LogP contribution in [0.5, 0.6) is 0 Å². The molecule has 0 saturated carbocycles. The van der Waals surface area contributed by atoms with Crippen molar-refractivity contribution in [1.82, 2.24) is 29.7 Å². The third-order valence-corrected chi connectivity index (χ3v) is 11.0. The van der Waals surface area contributed by atoms with Gasteiger partial charge >= 0.3 is 0 Å². The van der Waals surface area contributed by atoms with Gasteiger partial charge in [0.2, 0.25) is 34.9 Å². The Balaban J connectivity index is 0.000000184. The van der Waals surface area contributed by atoms with Crippen molar-refractivity contribution in [3.63, 3.8) is 0 Å². The molecule has 2 aromatic heterocycles. The second-order valence-corrected chi connectivity index (χ2v) is 16.0. The van der Waals surface area contributed by atoms with Crippen LogP contribution in [0.4, 0.5) is 51.7 Å². The Labute approximate surface area is 394 Å². The molecule has 6 aromatic rings. The summed E-state index contributed by atoms with van der Waals surface area (Å²) >= 11 is 5.77. The Bertz CT molecular complexity index is 2820. The first-order chi connectivity index (χ1) is 32.2. The van der Waals surface area contributed by atoms with Gasteiger partial charge in [-0.15, -0.1) is 0 Å². The van der Waals surface area contributed by atoms with E-state index in [0.717, 1.165) is 58.8 Å². The number of amides is 4. The lowest BCUT2D eigenvalue weighted by Crippen LogP contribution is -2.34. The van der Waals surface area contributed by atoms with Crippen LogP contribution in [-0.4, -0.2) is 66.5 Å². The van der Waals surface area contributed by atoms with Gasteiger partial charge in [-0.05, 0) is 121 Å². The first-order valence-corrected chi connectivity index (χ1v) is 21.8. The minimum atomic E-state index is -0.269. The number of nitrogens with zero attached hydrogens (tertiary/aromatic N) is 6. The average Bonchev–Trinajstić information content (AvgIpc) is 3.31. The molecule has 0 spiro atoms. The Morgan fingerprint density at radius 1 is 0.642 bits per heavy atom. The molecule has 8 rings (SSSR count). The van der Waals surface area contributed by atoms with Crippen LogP contribution in [0.15, 0.2) is 123 Å². The molecule has 7 N–H and O–H groups in total. The molecule has 0 bridgehead atoms. The molecule has 4 aromatic carbocycles. The summed E-state index contributed by atoms with van der Waals surface area (Å²) in [5.74, 6) is 1.45. The summed E-state index contributed by atoms with van der Waals surface area (Å²) in [6, 6.07) is 26.6. The van der Waals surface area contributed by atoms with Gasteiger partial charge < -0.3 is 42.1 Å². The second kappa shape index (κ2) is 22.7. The molecule has 344 valence electrons. The number of anilines is 9. The third kappa shape index (κ3) is 13.5. The summed E-state index contributed by atoms with van der Waals surface area (Å²) in [4.78, 5) is 66.6. The Morgan fingerprint density at radius 2 is 1.12 bits per heavy atom. The normalized spacial score (nSPS) is 12.3. The van der Waals surface area contributed by atoms with E-state index in [4.69, 9.17) is 17.3 Å². The number of nitrogens with two attached hydrogens (primary N) is 1. The van der Waals surface area contributed by atoms with Crippen molar-refractivity contribution in [1.29, 1.82) is 0 Å². The van der Waals surface area contributed by atoms with Crippen molar-refractivity contribution >= 4 is 86.9 Å². The van der Waals surface area contributed by atoms with Gasteiger partial charge in [0.1, 0.15) is 11.6 Å². The van der Waals surface area contributed by atoms with Crippen LogP contribution in [-0.2, 0) is 45.1 Å². The fourth-order valence-corrected chi connectivity index (χ4v) is 7.34. The molecular weight excluding hydrogens is 868 g/mol. The van der Waals surface area contributed by atoms with E-state index in [9.17, 15) is 19.2 Å². The maximum atomic E-state index is 11.8. The van der Waals surface area contributed by atoms with Crippen molar-refractivity contribution in [3.8, 4) is 0 Å². The lowest BCUT2D eigenvalue weighted by molar-refractivity contribution is -0.130. The zero-order valence-corrected chi connectivity index (χ0v) is 38.6. The topological polar surface area (TPSA) is 212 Å². The van der Waals surface area contributed by atoms with Crippen molar-refractivity contribution in [2.45, 2.75) is 53.6 Å². The van der Waals surface area contributed by atoms with Crippen LogP contribution in [0.25, 0.3) is 0 Å². The molecule has 0 unspecified atom stereocenters. The van der Waals surface area contributed by atoms with E-state index in [2.05, 4.69) is 65.7 Å². The molecule has 17 heteroatoms. The average molecular weight is 922 g/mol. The molecule has 0 aliphatic carbocycles. The van der Waals surface area contributed by atoms with Crippen LogP contribution in [0.3, 0.4) is 0 Å². The highest BCUT2D eigenvalue weighted by molar-refractivity contribution is 6.28. The number of carbonyl (C=O) groups excluding carboxylic acids is 4. The van der Waals surface area contributed by atoms with Crippen LogP contribution >= 0.6 is 11.6 Å². The molecule has 0 fully saturated rings. The number of hydrogen-bond acceptors (Lipinski definition) is 12. The molecule has 67 heavy (non-hydrogen) atoms. The number of nitrogen functional groups attached to an aromatic ring is 1. The summed E-state index contributed by atoms with van der Waals surface area (Å²) in [6.07, 6.45) is 7.50. The van der Waals surface area contributed by atoms with Crippen molar-refractivity contribution in [3.05, 3.63) is 161 Å². The molecule has 0 radical (unpaired) electrons. The number of benzene rings is 4. The zero-order chi connectivity index (χ0) is 48.0. The predicted molar refractivity (Wildman–Crippen MR) is 266 cm³/mol. The Hall–Kier alpha value is -8.11. The monoisotopic (exact) mass is 920 g/mol. The minimum Gasteiger partial charge on any atom is -0.398 e. The maximum Gasteiger partial charge on any atom is 0.247 e. The molecule has 0 saturated heterocycles. The fourth-order valence-electron chi connectivity index (χ4n) is 7.21. The van der Waals surface area contributed by atoms with Crippen molar-refractivity contribution in [2.24, 2.45) is 0 Å². The highest BCUT2D eigenvalue weighted by Crippen LogP contribution is 2.30. The number of fused-ring (bicyclic) bond motifs is 2. The number of aromatic nitrogens is 4. The van der Waals surface area contributed by atoms with Gasteiger partial charge in [0.15, 0.2) is 0 Å². The summed E-state index contributed by atoms with van der Waals surface area (Å²) in [5, 5.41) is 15.4. The molecule has 2 aliphatic heterocycles. The SMILES string of the molecule is C=CC(=O)Nc1cccc(Nc2nc(Cl)ncc2C)c1.C=CC(=O)Nc1cccc(Nc2nc(Nc3cccc4c3CCN(C(C)=O)C4)ncc2C)c1.CC(=O)N1CCc2c(N)cccc2C1. The van der Waals surface area contributed by atoms with Crippen LogP contribution in [0.1, 0.15) is 47.2 Å². The Morgan fingerprint density at radius 3 is 1.67 bits per heavy atom. The Kier molecular flexibility index (Phi) is 16.4. The van der Waals surface area contributed by atoms with Gasteiger partial charge in [-0.2, -0.15) is 4.98 Å². The highest BCUT2D eigenvalue weighted by atomic mass is 35.5. The largest absolute Gasteiger partial charge is 0.398 e. The molecule has 0 atom stereocenters. The van der Waals surface area contributed by atoms with E-state index in [1.807, 2.05) is 84.3 Å². The summed E-state index contributed by atoms with van der Waals surface area (Å²) < 4.78 is 0. The maximum absolute atomic E-state index is 11.8. The molecular formula is C50H53ClN12O4. The molecule has 2 aliphatic rings. The number of carbonyl (C=O) groups is 4. The van der Waals surface area contributed by atoms with Gasteiger partial charge in [0.05, 0.1) is 0 Å². The van der Waals surface area contributed by atoms with Gasteiger partial charge in [0.25, 0.3) is 0 Å². The summed E-state index contributed by atoms with van der Waals surface area (Å²) in [7, 11) is 0. The van der Waals surface area contributed by atoms with E-state index in [0.29, 0.717) is 48.6 Å². The lowest BCUT2D eigenvalue weighted by Gasteiger charge is -2.29. The highest BCUT2D eigenvalue weighted by Gasteiger charge is 2.21. The van der Waals surface area contributed by atoms with Gasteiger partial charge in [-0.3, -0.25) is 19.2 Å². The molecule has 4 amide bonds. The standard InChI is InChI=1S/C25H26N6O2.C14H13ClN4O.C11H14N2O/c1-4-23(33)27-19-8-6-9-20(13-19)28-24-16(2)14-26-25(30-24)29-22-10-5-7-18-15-31(17(3)32)12-11-21(18)22;1-3-12(20)17-10-5-4-6-11(7-10)18-13-9(2)8-16-14(15)19-13;1-8(14)13-6-5-10-9(7-13)3-2-4-11(10)12/h4-10,13-14H,1,11-12,15H2,2-3H3,(H,27,33)(H2,26,28,29,30);3-8H,1H2,2H3,(H,17,20)(H,16,18,19);2-4H,5-7,12H2,1H3. The number of rotatable bonds is 10. The van der Waals surface area contributed by atoms with Crippen LogP contribution in [0, 0.1) is 13.8 Å². The first kappa shape index (κ1) is 48.3. The first-order valence-electron chi connectivity index (χ1n) is 21.4. The van der Waals surface area contributed by atoms with Crippen LogP contribution in [0.2, 0.25) is 5.28 Å². The van der Waals surface area contributed by atoms with E-state index in [1.165, 1.54) is 28.8 Å². The van der Waals surface area contributed by atoms with Crippen molar-refractivity contribution in [2.75, 3.05) is 45.4 Å². The van der Waals surface area contributed by atoms with E-state index in [1.54, 1.807) is 44.4 Å². The van der Waals surface area contributed by atoms with E-state index >= 15 is 0 Å². The fraction of sp³-hybridized carbons (Fsp3) is 0.200. The van der Waals surface area contributed by atoms with Gasteiger partial charge in [-0.25, -0.2) is 15.0 Å². The van der Waals surface area contributed by atoms with Gasteiger partial charge in [-0.1, -0.05) is 49.6 Å². The predicted octanol–water partition coefficient (Wildman–Crippen LogP) is 8.78. The van der Waals surface area contributed by atoms with E-state index in [-0.39, 0.29) is 28.9 Å². The number of nitrogens with one attached hydrogen (secondary N) is 5. The lowest BCUT2D eigenvalue weighted by atomic mass is 9.97. The third-order valence-electron chi connectivity index (χ3n) is 10.8. The van der Waals surface area contributed by atoms with Crippen molar-refractivity contribution < 1.29 is 19.2 Å². The number of hydrogen-bond donors (Lipinski definition) is 6. The smallest absolute Gasteiger partial charge is 0.247 e. The number of halogens is 1. The number of aryl methyl sites for hydroxylation is 2. The molecule has 16 nitrogen and oxygen atoms in total. The van der Waals surface area contributed by atoms with E-state index < -0.39 is 0 Å². The minimum absolute atomic E-state index is 0.0877. The van der Waals surface area contributed by atoms with Crippen LogP contribution < -0.4 is 32.3 Å².